The molecule has 90 valence electrons. The first kappa shape index (κ1) is 15.1. The Morgan fingerprint density at radius 3 is 1.80 bits per heavy atom. The summed E-state index contributed by atoms with van der Waals surface area (Å²) in [6, 6.07) is 0. The second-order valence-electron chi connectivity index (χ2n) is 4.57. The van der Waals surface area contributed by atoms with Crippen molar-refractivity contribution in [1.29, 1.82) is 0 Å². The lowest BCUT2D eigenvalue weighted by Gasteiger charge is -2.03. The Hall–Kier alpha value is 0.100. The van der Waals surface area contributed by atoms with Crippen molar-refractivity contribution < 1.29 is 4.57 Å². The van der Waals surface area contributed by atoms with E-state index in [0.717, 1.165) is 6.42 Å². The van der Waals surface area contributed by atoms with E-state index in [1.165, 1.54) is 57.8 Å². The van der Waals surface area contributed by atoms with Crippen LogP contribution in [0.15, 0.2) is 0 Å². The summed E-state index contributed by atoms with van der Waals surface area (Å²) in [5.41, 5.74) is 0.370. The third-order valence-electron chi connectivity index (χ3n) is 2.91. The maximum atomic E-state index is 10.5. The first-order chi connectivity index (χ1) is 7.31. The van der Waals surface area contributed by atoms with Crippen molar-refractivity contribution >= 4 is 8.46 Å². The van der Waals surface area contributed by atoms with Gasteiger partial charge in [0.25, 0.3) is 0 Å². The van der Waals surface area contributed by atoms with Gasteiger partial charge in [-0.05, 0) is 6.42 Å². The highest BCUT2D eigenvalue weighted by molar-refractivity contribution is 7.24. The fourth-order valence-corrected chi connectivity index (χ4v) is 2.09. The number of hydrogen-bond donors (Lipinski definition) is 0. The summed E-state index contributed by atoms with van der Waals surface area (Å²) in [5, 5.41) is 0. The lowest BCUT2D eigenvalue weighted by atomic mass is 10.1. The molecule has 0 saturated heterocycles. The second-order valence-corrected chi connectivity index (χ2v) is 5.66. The van der Waals surface area contributed by atoms with Crippen LogP contribution in [0.5, 0.6) is 0 Å². The molecule has 0 radical (unpaired) electrons. The van der Waals surface area contributed by atoms with E-state index < -0.39 is 0 Å². The van der Waals surface area contributed by atoms with E-state index in [9.17, 15) is 4.57 Å². The SMILES string of the molecule is CCCCCCCCCCCC(C)P=O. The van der Waals surface area contributed by atoms with E-state index in [4.69, 9.17) is 0 Å². The molecule has 0 rings (SSSR count). The molecule has 0 aromatic heterocycles. The molecule has 0 heterocycles. The molecule has 1 unspecified atom stereocenters. The Kier molecular flexibility index (Phi) is 12.3. The summed E-state index contributed by atoms with van der Waals surface area (Å²) < 4.78 is 10.5. The van der Waals surface area contributed by atoms with Gasteiger partial charge in [0.2, 0.25) is 0 Å². The van der Waals surface area contributed by atoms with Crippen LogP contribution in [0, 0.1) is 0 Å². The molecule has 0 N–H and O–H groups in total. The van der Waals surface area contributed by atoms with Crippen LogP contribution in [-0.2, 0) is 4.57 Å². The van der Waals surface area contributed by atoms with E-state index >= 15 is 0 Å². The minimum absolute atomic E-state index is 0.323. The summed E-state index contributed by atoms with van der Waals surface area (Å²) in [6.45, 7) is 4.32. The fraction of sp³-hybridized carbons (Fsp3) is 1.00. The van der Waals surface area contributed by atoms with E-state index in [0.29, 0.717) is 14.1 Å². The maximum absolute atomic E-state index is 10.5. The molecular formula is C13H27OP. The molecule has 2 heteroatoms. The van der Waals surface area contributed by atoms with Crippen LogP contribution in [0.4, 0.5) is 0 Å². The molecule has 0 aliphatic carbocycles. The highest BCUT2D eigenvalue weighted by atomic mass is 31.1. The molecular weight excluding hydrogens is 203 g/mol. The summed E-state index contributed by atoms with van der Waals surface area (Å²) in [5.74, 6) is 0. The zero-order valence-corrected chi connectivity index (χ0v) is 11.4. The summed E-state index contributed by atoms with van der Waals surface area (Å²) >= 11 is 0. The third kappa shape index (κ3) is 12.0. The molecule has 0 aliphatic rings. The highest BCUT2D eigenvalue weighted by Crippen LogP contribution is 2.15. The Balaban J connectivity index is 2.95. The predicted octanol–water partition coefficient (Wildman–Crippen LogP) is 5.59. The highest BCUT2D eigenvalue weighted by Gasteiger charge is 1.99. The second kappa shape index (κ2) is 12.2. The van der Waals surface area contributed by atoms with Gasteiger partial charge >= 0.3 is 0 Å². The molecule has 1 atom stereocenters. The average Bonchev–Trinajstić information content (AvgIpc) is 2.26. The van der Waals surface area contributed by atoms with E-state index in [2.05, 4.69) is 13.8 Å². The largest absolute Gasteiger partial charge is 0.275 e. The Morgan fingerprint density at radius 1 is 0.867 bits per heavy atom. The lowest BCUT2D eigenvalue weighted by Crippen LogP contribution is -1.90. The molecule has 0 fully saturated rings. The van der Waals surface area contributed by atoms with Gasteiger partial charge in [-0.2, -0.15) is 0 Å². The molecule has 0 aromatic carbocycles. The number of unbranched alkanes of at least 4 members (excludes halogenated alkanes) is 8. The van der Waals surface area contributed by atoms with Crippen molar-refractivity contribution in [2.45, 2.75) is 83.7 Å². The minimum Gasteiger partial charge on any atom is -0.275 e. The van der Waals surface area contributed by atoms with Gasteiger partial charge in [0.1, 0.15) is 0 Å². The topological polar surface area (TPSA) is 17.1 Å². The van der Waals surface area contributed by atoms with Gasteiger partial charge in [-0.15, -0.1) is 0 Å². The molecule has 0 spiro atoms. The predicted molar refractivity (Wildman–Crippen MR) is 68.9 cm³/mol. The van der Waals surface area contributed by atoms with Gasteiger partial charge in [-0.25, -0.2) is 0 Å². The number of rotatable bonds is 11. The molecule has 1 nitrogen and oxygen atoms in total. The minimum atomic E-state index is 0.323. The van der Waals surface area contributed by atoms with Crippen LogP contribution in [0.25, 0.3) is 0 Å². The van der Waals surface area contributed by atoms with Gasteiger partial charge in [0, 0.05) is 5.66 Å². The van der Waals surface area contributed by atoms with Crippen LogP contribution in [-0.4, -0.2) is 5.66 Å². The Bertz CT molecular complexity index is 136. The van der Waals surface area contributed by atoms with Crippen molar-refractivity contribution in [3.05, 3.63) is 0 Å². The summed E-state index contributed by atoms with van der Waals surface area (Å²) in [6.07, 6.45) is 13.5. The molecule has 0 aromatic rings. The first-order valence-corrected chi connectivity index (χ1v) is 7.52. The van der Waals surface area contributed by atoms with E-state index in [-0.39, 0.29) is 0 Å². The third-order valence-corrected chi connectivity index (χ3v) is 3.52. The fourth-order valence-electron chi connectivity index (χ4n) is 1.80. The first-order valence-electron chi connectivity index (χ1n) is 6.63. The van der Waals surface area contributed by atoms with Crippen molar-refractivity contribution in [3.63, 3.8) is 0 Å². The number of hydrogen-bond acceptors (Lipinski definition) is 1. The Labute approximate surface area is 97.2 Å². The summed E-state index contributed by atoms with van der Waals surface area (Å²) in [4.78, 5) is 0. The van der Waals surface area contributed by atoms with Crippen LogP contribution < -0.4 is 0 Å². The van der Waals surface area contributed by atoms with Gasteiger partial charge in [-0.1, -0.05) is 71.6 Å². The lowest BCUT2D eigenvalue weighted by molar-refractivity contribution is 0.549. The smallest absolute Gasteiger partial charge is 0.158 e. The van der Waals surface area contributed by atoms with Gasteiger partial charge < -0.3 is 0 Å². The molecule has 0 saturated carbocycles. The summed E-state index contributed by atoms with van der Waals surface area (Å²) in [7, 11) is 0.323. The molecule has 0 bridgehead atoms. The standard InChI is InChI=1S/C13H27OP/c1-3-4-5-6-7-8-9-10-11-12-13(2)15-14/h13H,3-12H2,1-2H3. The zero-order valence-electron chi connectivity index (χ0n) is 10.5. The van der Waals surface area contributed by atoms with E-state index in [1.54, 1.807) is 0 Å². The average molecular weight is 230 g/mol. The molecule has 15 heavy (non-hydrogen) atoms. The van der Waals surface area contributed by atoms with Crippen molar-refractivity contribution in [2.75, 3.05) is 0 Å². The van der Waals surface area contributed by atoms with Crippen molar-refractivity contribution in [3.8, 4) is 0 Å². The van der Waals surface area contributed by atoms with Gasteiger partial charge in [0.05, 0.1) is 0 Å². The van der Waals surface area contributed by atoms with Crippen LogP contribution >= 0.6 is 8.46 Å². The monoisotopic (exact) mass is 230 g/mol. The van der Waals surface area contributed by atoms with E-state index in [1.807, 2.05) is 0 Å². The van der Waals surface area contributed by atoms with Gasteiger partial charge in [0.15, 0.2) is 8.46 Å². The zero-order chi connectivity index (χ0) is 11.4. The molecule has 0 aliphatic heterocycles. The Morgan fingerprint density at radius 2 is 1.33 bits per heavy atom. The van der Waals surface area contributed by atoms with Crippen molar-refractivity contribution in [2.24, 2.45) is 0 Å². The van der Waals surface area contributed by atoms with Gasteiger partial charge in [-0.3, -0.25) is 4.57 Å². The van der Waals surface area contributed by atoms with Crippen LogP contribution in [0.3, 0.4) is 0 Å². The maximum Gasteiger partial charge on any atom is 0.158 e. The van der Waals surface area contributed by atoms with Crippen LogP contribution in [0.1, 0.15) is 78.1 Å². The molecule has 0 amide bonds. The van der Waals surface area contributed by atoms with Crippen molar-refractivity contribution in [1.82, 2.24) is 0 Å². The quantitative estimate of drug-likeness (QED) is 0.334. The van der Waals surface area contributed by atoms with Crippen LogP contribution in [0.2, 0.25) is 0 Å². The normalized spacial score (nSPS) is 13.2.